The van der Waals surface area contributed by atoms with Crippen LogP contribution in [-0.2, 0) is 20.1 Å². The van der Waals surface area contributed by atoms with Gasteiger partial charge in [0.05, 0.1) is 11.2 Å². The number of hydrogen-bond acceptors (Lipinski definition) is 3. The molecule has 0 amide bonds. The van der Waals surface area contributed by atoms with Crippen LogP contribution in [0.1, 0.15) is 97.3 Å². The molecule has 3 nitrogen and oxygen atoms in total. The quantitative estimate of drug-likeness (QED) is 0.556. The van der Waals surface area contributed by atoms with E-state index in [0.29, 0.717) is 5.75 Å². The average molecular weight is 422 g/mol. The van der Waals surface area contributed by atoms with Crippen molar-refractivity contribution in [2.45, 2.75) is 97.1 Å². The minimum Gasteiger partial charge on any atom is -0.507 e. The third kappa shape index (κ3) is 4.56. The third-order valence-electron chi connectivity index (χ3n) is 6.81. The molecule has 3 rings (SSSR count). The molecule has 168 valence electrons. The molecule has 1 aliphatic heterocycles. The van der Waals surface area contributed by atoms with Gasteiger partial charge in [0, 0.05) is 5.82 Å². The van der Waals surface area contributed by atoms with Crippen LogP contribution in [0, 0.1) is 0 Å². The lowest BCUT2D eigenvalue weighted by molar-refractivity contribution is 0.00578. The summed E-state index contributed by atoms with van der Waals surface area (Å²) >= 11 is 0. The lowest BCUT2D eigenvalue weighted by Gasteiger charge is -2.32. The third-order valence-corrected chi connectivity index (χ3v) is 6.81. The van der Waals surface area contributed by atoms with Gasteiger partial charge in [-0.15, -0.1) is 0 Å². The Hall–Kier alpha value is -1.78. The van der Waals surface area contributed by atoms with Crippen LogP contribution in [0.4, 0.5) is 0 Å². The van der Waals surface area contributed by atoms with Gasteiger partial charge in [0.1, 0.15) is 5.75 Å². The molecule has 31 heavy (non-hydrogen) atoms. The van der Waals surface area contributed by atoms with Gasteiger partial charge in [-0.05, 0) is 60.8 Å². The Morgan fingerprint density at radius 1 is 0.742 bits per heavy atom. The highest BCUT2D eigenvalue weighted by atomic mass is 16.7. The summed E-state index contributed by atoms with van der Waals surface area (Å²) in [6.07, 6.45) is 0. The van der Waals surface area contributed by atoms with Gasteiger partial charge in [-0.3, -0.25) is 0 Å². The first kappa shape index (κ1) is 23.9. The highest BCUT2D eigenvalue weighted by molar-refractivity contribution is 6.48. The summed E-state index contributed by atoms with van der Waals surface area (Å²) < 4.78 is 13.1. The van der Waals surface area contributed by atoms with E-state index in [4.69, 9.17) is 9.31 Å². The van der Waals surface area contributed by atoms with E-state index in [-0.39, 0.29) is 16.6 Å². The van der Waals surface area contributed by atoms with Crippen molar-refractivity contribution in [2.24, 2.45) is 0 Å². The van der Waals surface area contributed by atoms with Crippen LogP contribution in [0.5, 0.6) is 5.75 Å². The number of phenolic OH excluding ortho intramolecular Hbond substituents is 1. The Labute approximate surface area is 189 Å². The Bertz CT molecular complexity index is 882. The smallest absolute Gasteiger partial charge is 0.470 e. The van der Waals surface area contributed by atoms with E-state index < -0.39 is 18.3 Å². The maximum atomic E-state index is 11.2. The SMILES string of the molecule is CC(C)(C)c1cc(C(B2OC(C)(C)C(C)(C)O2)c2ccccc2)cc(C(C)(C)C)c1O. The fourth-order valence-corrected chi connectivity index (χ4v) is 4.17. The zero-order chi connectivity index (χ0) is 23.4. The summed E-state index contributed by atoms with van der Waals surface area (Å²) in [5.41, 5.74) is 2.93. The molecular formula is C27H39BO3. The lowest BCUT2D eigenvalue weighted by Crippen LogP contribution is -2.41. The van der Waals surface area contributed by atoms with E-state index in [9.17, 15) is 5.11 Å². The summed E-state index contributed by atoms with van der Waals surface area (Å²) in [6, 6.07) is 14.7. The molecule has 1 saturated heterocycles. The number of benzene rings is 2. The minimum absolute atomic E-state index is 0.106. The Morgan fingerprint density at radius 3 is 1.55 bits per heavy atom. The molecule has 1 fully saturated rings. The summed E-state index contributed by atoms with van der Waals surface area (Å²) in [7, 11) is -0.419. The topological polar surface area (TPSA) is 38.7 Å². The number of rotatable bonds is 3. The van der Waals surface area contributed by atoms with Crippen molar-refractivity contribution in [2.75, 3.05) is 0 Å². The fourth-order valence-electron chi connectivity index (χ4n) is 4.17. The van der Waals surface area contributed by atoms with Crippen molar-refractivity contribution in [1.29, 1.82) is 0 Å². The van der Waals surface area contributed by atoms with Crippen LogP contribution in [-0.4, -0.2) is 23.4 Å². The molecule has 1 heterocycles. The minimum atomic E-state index is -0.419. The molecule has 2 aromatic carbocycles. The molecule has 0 radical (unpaired) electrons. The molecule has 1 atom stereocenters. The molecule has 0 spiro atoms. The molecule has 1 unspecified atom stereocenters. The molecule has 1 aliphatic rings. The van der Waals surface area contributed by atoms with Crippen LogP contribution in [0.25, 0.3) is 0 Å². The highest BCUT2D eigenvalue weighted by Gasteiger charge is 2.54. The van der Waals surface area contributed by atoms with Crippen molar-refractivity contribution in [3.8, 4) is 5.75 Å². The summed E-state index contributed by atoms with van der Waals surface area (Å²) in [4.78, 5) is 0. The summed E-state index contributed by atoms with van der Waals surface area (Å²) in [5.74, 6) is 0.287. The molecule has 0 saturated carbocycles. The monoisotopic (exact) mass is 422 g/mol. The molecule has 1 N–H and O–H groups in total. The van der Waals surface area contributed by atoms with Crippen molar-refractivity contribution in [1.82, 2.24) is 0 Å². The Balaban J connectivity index is 2.26. The molecule has 0 bridgehead atoms. The highest BCUT2D eigenvalue weighted by Crippen LogP contribution is 2.46. The van der Waals surface area contributed by atoms with Gasteiger partial charge in [0.15, 0.2) is 0 Å². The number of hydrogen-bond donors (Lipinski definition) is 1. The second kappa shape index (κ2) is 7.67. The van der Waals surface area contributed by atoms with Gasteiger partial charge in [-0.2, -0.15) is 0 Å². The van der Waals surface area contributed by atoms with E-state index >= 15 is 0 Å². The zero-order valence-corrected chi connectivity index (χ0v) is 21.0. The normalized spacial score (nSPS) is 19.5. The first-order valence-electron chi connectivity index (χ1n) is 11.3. The van der Waals surface area contributed by atoms with Crippen molar-refractivity contribution in [3.05, 3.63) is 64.7 Å². The average Bonchev–Trinajstić information content (AvgIpc) is 2.82. The maximum Gasteiger partial charge on any atom is 0.470 e. The van der Waals surface area contributed by atoms with Crippen molar-refractivity contribution < 1.29 is 14.4 Å². The van der Waals surface area contributed by atoms with E-state index in [2.05, 4.69) is 106 Å². The first-order chi connectivity index (χ1) is 14.0. The van der Waals surface area contributed by atoms with E-state index in [1.165, 1.54) is 0 Å². The predicted molar refractivity (Wildman–Crippen MR) is 130 cm³/mol. The van der Waals surface area contributed by atoms with Gasteiger partial charge in [0.25, 0.3) is 0 Å². The molecule has 4 heteroatoms. The van der Waals surface area contributed by atoms with Crippen LogP contribution < -0.4 is 0 Å². The number of phenols is 1. The zero-order valence-electron chi connectivity index (χ0n) is 21.0. The van der Waals surface area contributed by atoms with Gasteiger partial charge in [-0.25, -0.2) is 0 Å². The predicted octanol–water partition coefficient (Wildman–Crippen LogP) is 6.75. The van der Waals surface area contributed by atoms with Gasteiger partial charge in [0.2, 0.25) is 0 Å². The Kier molecular flexibility index (Phi) is 5.91. The van der Waals surface area contributed by atoms with Gasteiger partial charge < -0.3 is 14.4 Å². The van der Waals surface area contributed by atoms with Gasteiger partial charge >= 0.3 is 7.12 Å². The van der Waals surface area contributed by atoms with Crippen LogP contribution in [0.15, 0.2) is 42.5 Å². The standard InChI is InChI=1S/C27H39BO3/c1-24(2,3)20-16-19(17-21(23(20)29)25(4,5)6)22(18-14-12-11-13-15-18)28-30-26(7,8)27(9,10)31-28/h11-17,22,29H,1-10H3. The molecular weight excluding hydrogens is 383 g/mol. The van der Waals surface area contributed by atoms with Crippen LogP contribution in [0.3, 0.4) is 0 Å². The summed E-state index contributed by atoms with van der Waals surface area (Å²) in [5, 5.41) is 11.2. The second-order valence-corrected chi connectivity index (χ2v) is 12.0. The second-order valence-electron chi connectivity index (χ2n) is 12.0. The number of aromatic hydroxyl groups is 1. The van der Waals surface area contributed by atoms with E-state index in [0.717, 1.165) is 22.3 Å². The Morgan fingerprint density at radius 2 is 1.16 bits per heavy atom. The van der Waals surface area contributed by atoms with Crippen LogP contribution in [0.2, 0.25) is 0 Å². The first-order valence-corrected chi connectivity index (χ1v) is 11.3. The maximum absolute atomic E-state index is 11.2. The summed E-state index contributed by atoms with van der Waals surface area (Å²) in [6.45, 7) is 21.2. The lowest BCUT2D eigenvalue weighted by atomic mass is 9.63. The molecule has 2 aromatic rings. The van der Waals surface area contributed by atoms with Crippen molar-refractivity contribution in [3.63, 3.8) is 0 Å². The largest absolute Gasteiger partial charge is 0.507 e. The van der Waals surface area contributed by atoms with Crippen molar-refractivity contribution >= 4 is 7.12 Å². The van der Waals surface area contributed by atoms with E-state index in [1.807, 2.05) is 6.07 Å². The molecule has 0 aliphatic carbocycles. The molecule has 0 aromatic heterocycles. The van der Waals surface area contributed by atoms with Crippen LogP contribution >= 0.6 is 0 Å². The van der Waals surface area contributed by atoms with E-state index in [1.54, 1.807) is 0 Å². The fraction of sp³-hybridized carbons (Fsp3) is 0.556. The van der Waals surface area contributed by atoms with Gasteiger partial charge in [-0.1, -0.05) is 84.0 Å².